The van der Waals surface area contributed by atoms with Crippen LogP contribution in [0.1, 0.15) is 19.4 Å². The zero-order valence-corrected chi connectivity index (χ0v) is 11.3. The lowest BCUT2D eigenvalue weighted by Gasteiger charge is -2.27. The fourth-order valence-corrected chi connectivity index (χ4v) is 1.98. The van der Waals surface area contributed by atoms with E-state index in [9.17, 15) is 4.79 Å². The van der Waals surface area contributed by atoms with Gasteiger partial charge in [0.2, 0.25) is 5.91 Å². The first-order valence-corrected chi connectivity index (χ1v) is 6.21. The van der Waals surface area contributed by atoms with Gasteiger partial charge in [-0.1, -0.05) is 12.1 Å². The molecule has 0 spiro atoms. The van der Waals surface area contributed by atoms with Crippen LogP contribution in [0.5, 0.6) is 0 Å². The summed E-state index contributed by atoms with van der Waals surface area (Å²) in [6, 6.07) is 7.51. The topological polar surface area (TPSA) is 55.6 Å². The molecule has 0 bridgehead atoms. The SMILES string of the molecule is CCN(C(=O)Cc1ccc(N)cc1)C(C)COC. The second-order valence-electron chi connectivity index (χ2n) is 4.40. The van der Waals surface area contributed by atoms with Gasteiger partial charge in [0.15, 0.2) is 0 Å². The molecule has 0 aliphatic heterocycles. The van der Waals surface area contributed by atoms with E-state index >= 15 is 0 Å². The Balaban J connectivity index is 2.64. The molecule has 1 aromatic carbocycles. The van der Waals surface area contributed by atoms with Gasteiger partial charge in [0, 0.05) is 19.3 Å². The molecule has 1 rings (SSSR count). The van der Waals surface area contributed by atoms with Gasteiger partial charge in [-0.05, 0) is 31.5 Å². The number of anilines is 1. The van der Waals surface area contributed by atoms with Gasteiger partial charge in [0.1, 0.15) is 0 Å². The van der Waals surface area contributed by atoms with Crippen molar-refractivity contribution in [2.75, 3.05) is 26.0 Å². The standard InChI is InChI=1S/C14H22N2O2/c1-4-16(11(2)10-18-3)14(17)9-12-5-7-13(15)8-6-12/h5-8,11H,4,9-10,15H2,1-3H3. The molecule has 100 valence electrons. The minimum atomic E-state index is 0.0984. The molecule has 1 unspecified atom stereocenters. The highest BCUT2D eigenvalue weighted by Gasteiger charge is 2.18. The predicted molar refractivity (Wildman–Crippen MR) is 73.3 cm³/mol. The average Bonchev–Trinajstić information content (AvgIpc) is 2.33. The summed E-state index contributed by atoms with van der Waals surface area (Å²) >= 11 is 0. The van der Waals surface area contributed by atoms with Crippen LogP contribution in [0.15, 0.2) is 24.3 Å². The molecule has 0 heterocycles. The zero-order valence-electron chi connectivity index (χ0n) is 11.3. The quantitative estimate of drug-likeness (QED) is 0.782. The van der Waals surface area contributed by atoms with Crippen molar-refractivity contribution >= 4 is 11.6 Å². The molecule has 18 heavy (non-hydrogen) atoms. The van der Waals surface area contributed by atoms with Crippen molar-refractivity contribution in [1.29, 1.82) is 0 Å². The lowest BCUT2D eigenvalue weighted by atomic mass is 10.1. The smallest absolute Gasteiger partial charge is 0.227 e. The fraction of sp³-hybridized carbons (Fsp3) is 0.500. The Morgan fingerprint density at radius 3 is 2.50 bits per heavy atom. The minimum Gasteiger partial charge on any atom is -0.399 e. The van der Waals surface area contributed by atoms with Crippen LogP contribution >= 0.6 is 0 Å². The Bertz CT molecular complexity index is 376. The number of methoxy groups -OCH3 is 1. The van der Waals surface area contributed by atoms with E-state index in [1.54, 1.807) is 7.11 Å². The maximum Gasteiger partial charge on any atom is 0.227 e. The van der Waals surface area contributed by atoms with Crippen LogP contribution in [0.3, 0.4) is 0 Å². The number of nitrogen functional groups attached to an aromatic ring is 1. The van der Waals surface area contributed by atoms with Crippen molar-refractivity contribution in [2.45, 2.75) is 26.3 Å². The van der Waals surface area contributed by atoms with Gasteiger partial charge < -0.3 is 15.4 Å². The predicted octanol–water partition coefficient (Wildman–Crippen LogP) is 1.69. The molecule has 2 N–H and O–H groups in total. The first kappa shape index (κ1) is 14.5. The second kappa shape index (κ2) is 7.01. The Morgan fingerprint density at radius 2 is 2.00 bits per heavy atom. The summed E-state index contributed by atoms with van der Waals surface area (Å²) < 4.78 is 5.09. The van der Waals surface area contributed by atoms with Crippen LogP contribution in [-0.4, -0.2) is 37.1 Å². The molecular formula is C14H22N2O2. The fourth-order valence-electron chi connectivity index (χ4n) is 1.98. The number of nitrogens with two attached hydrogens (primary N) is 1. The number of benzene rings is 1. The number of amides is 1. The lowest BCUT2D eigenvalue weighted by molar-refractivity contribution is -0.133. The second-order valence-corrected chi connectivity index (χ2v) is 4.40. The van der Waals surface area contributed by atoms with Gasteiger partial charge in [-0.25, -0.2) is 0 Å². The Labute approximate surface area is 109 Å². The lowest BCUT2D eigenvalue weighted by Crippen LogP contribution is -2.41. The highest BCUT2D eigenvalue weighted by molar-refractivity contribution is 5.79. The monoisotopic (exact) mass is 250 g/mol. The van der Waals surface area contributed by atoms with E-state index in [1.807, 2.05) is 43.0 Å². The van der Waals surface area contributed by atoms with Gasteiger partial charge in [-0.2, -0.15) is 0 Å². The Morgan fingerprint density at radius 1 is 1.39 bits per heavy atom. The Kier molecular flexibility index (Phi) is 5.65. The highest BCUT2D eigenvalue weighted by Crippen LogP contribution is 2.09. The summed E-state index contributed by atoms with van der Waals surface area (Å²) in [5, 5.41) is 0. The van der Waals surface area contributed by atoms with Crippen LogP contribution in [0.4, 0.5) is 5.69 Å². The molecule has 0 radical (unpaired) electrons. The van der Waals surface area contributed by atoms with Crippen LogP contribution in [0.25, 0.3) is 0 Å². The number of likely N-dealkylation sites (N-methyl/N-ethyl adjacent to an activating group) is 1. The maximum atomic E-state index is 12.2. The van der Waals surface area contributed by atoms with Gasteiger partial charge >= 0.3 is 0 Å². The third-order valence-corrected chi connectivity index (χ3v) is 2.94. The molecule has 0 aliphatic rings. The number of ether oxygens (including phenoxy) is 1. The van der Waals surface area contributed by atoms with Crippen molar-refractivity contribution in [2.24, 2.45) is 0 Å². The number of carbonyl (C=O) groups excluding carboxylic acids is 1. The summed E-state index contributed by atoms with van der Waals surface area (Å²) in [6.45, 7) is 5.22. The molecule has 0 aliphatic carbocycles. The number of carbonyl (C=O) groups is 1. The van der Waals surface area contributed by atoms with Crippen molar-refractivity contribution in [3.05, 3.63) is 29.8 Å². The van der Waals surface area contributed by atoms with Gasteiger partial charge in [0.25, 0.3) is 0 Å². The summed E-state index contributed by atoms with van der Waals surface area (Å²) in [4.78, 5) is 14.0. The van der Waals surface area contributed by atoms with E-state index in [1.165, 1.54) is 0 Å². The molecule has 1 aromatic rings. The minimum absolute atomic E-state index is 0.0984. The number of hydrogen-bond donors (Lipinski definition) is 1. The number of nitrogens with zero attached hydrogens (tertiary/aromatic N) is 1. The third kappa shape index (κ3) is 4.04. The van der Waals surface area contributed by atoms with E-state index in [0.717, 1.165) is 5.56 Å². The number of hydrogen-bond acceptors (Lipinski definition) is 3. The van der Waals surface area contributed by atoms with Crippen LogP contribution < -0.4 is 5.73 Å². The molecule has 1 amide bonds. The van der Waals surface area contributed by atoms with E-state index in [-0.39, 0.29) is 11.9 Å². The Hall–Kier alpha value is -1.55. The van der Waals surface area contributed by atoms with Gasteiger partial charge in [-0.15, -0.1) is 0 Å². The molecule has 0 aromatic heterocycles. The molecule has 4 heteroatoms. The van der Waals surface area contributed by atoms with Gasteiger partial charge in [0.05, 0.1) is 19.1 Å². The van der Waals surface area contributed by atoms with E-state index in [0.29, 0.717) is 25.3 Å². The third-order valence-electron chi connectivity index (χ3n) is 2.94. The largest absolute Gasteiger partial charge is 0.399 e. The van der Waals surface area contributed by atoms with Crippen LogP contribution in [0, 0.1) is 0 Å². The summed E-state index contributed by atoms with van der Waals surface area (Å²) in [5.41, 5.74) is 7.32. The van der Waals surface area contributed by atoms with Crippen molar-refractivity contribution in [3.63, 3.8) is 0 Å². The summed E-state index contributed by atoms with van der Waals surface area (Å²) in [7, 11) is 1.65. The van der Waals surface area contributed by atoms with Crippen molar-refractivity contribution in [3.8, 4) is 0 Å². The molecular weight excluding hydrogens is 228 g/mol. The van der Waals surface area contributed by atoms with Crippen LogP contribution in [-0.2, 0) is 16.0 Å². The molecule has 4 nitrogen and oxygen atoms in total. The zero-order chi connectivity index (χ0) is 13.5. The normalized spacial score (nSPS) is 12.2. The molecule has 1 atom stereocenters. The maximum absolute atomic E-state index is 12.2. The van der Waals surface area contributed by atoms with Gasteiger partial charge in [-0.3, -0.25) is 4.79 Å². The number of rotatable bonds is 6. The summed E-state index contributed by atoms with van der Waals surface area (Å²) in [6.07, 6.45) is 0.405. The molecule has 0 saturated heterocycles. The molecule has 0 fully saturated rings. The van der Waals surface area contributed by atoms with Crippen LogP contribution in [0.2, 0.25) is 0 Å². The van der Waals surface area contributed by atoms with E-state index in [2.05, 4.69) is 0 Å². The van der Waals surface area contributed by atoms with Crippen molar-refractivity contribution < 1.29 is 9.53 Å². The first-order chi connectivity index (χ1) is 8.58. The molecule has 0 saturated carbocycles. The average molecular weight is 250 g/mol. The van der Waals surface area contributed by atoms with E-state index < -0.39 is 0 Å². The highest BCUT2D eigenvalue weighted by atomic mass is 16.5. The first-order valence-electron chi connectivity index (χ1n) is 6.21. The van der Waals surface area contributed by atoms with Crippen molar-refractivity contribution in [1.82, 2.24) is 4.90 Å². The van der Waals surface area contributed by atoms with E-state index in [4.69, 9.17) is 10.5 Å². The summed E-state index contributed by atoms with van der Waals surface area (Å²) in [5.74, 6) is 0.117.